The normalized spacial score (nSPS) is 34.8. The first kappa shape index (κ1) is 12.7. The molecule has 0 spiro atoms. The van der Waals surface area contributed by atoms with Gasteiger partial charge < -0.3 is 16.5 Å². The maximum Gasteiger partial charge on any atom is 0.460 e. The number of benzene rings is 1. The van der Waals surface area contributed by atoms with Crippen LogP contribution in [0.5, 0.6) is 0 Å². The fraction of sp³-hybridized carbons (Fsp3) is 0.143. The van der Waals surface area contributed by atoms with Gasteiger partial charge in [0.2, 0.25) is 0 Å². The highest BCUT2D eigenvalue weighted by molar-refractivity contribution is 7.22. The molecule has 1 heterocycles. The van der Waals surface area contributed by atoms with E-state index in [0.29, 0.717) is 0 Å². The van der Waals surface area contributed by atoms with Crippen molar-refractivity contribution in [1.29, 1.82) is 0 Å². The molecule has 1 fully saturated rings. The second-order valence-corrected chi connectivity index (χ2v) is 13.2. The van der Waals surface area contributed by atoms with Crippen molar-refractivity contribution in [2.24, 2.45) is 0 Å². The molecule has 88 valence electrons. The van der Waals surface area contributed by atoms with Gasteiger partial charge >= 0.3 is 17.2 Å². The van der Waals surface area contributed by atoms with Crippen molar-refractivity contribution in [3.05, 3.63) is 30.3 Å². The van der Waals surface area contributed by atoms with Crippen LogP contribution in [0.3, 0.4) is 0 Å². The molecule has 0 aromatic heterocycles. The summed E-state index contributed by atoms with van der Waals surface area (Å²) in [6, 6.07) is 9.69. The van der Waals surface area contributed by atoms with E-state index < -0.39 is 37.2 Å². The first-order chi connectivity index (χ1) is 7.71. The molecule has 2 atom stereocenters. The maximum atomic E-state index is 6.49. The monoisotopic (exact) mass is 308 g/mol. The molecule has 1 saturated heterocycles. The van der Waals surface area contributed by atoms with Crippen molar-refractivity contribution in [1.82, 2.24) is 0 Å². The van der Waals surface area contributed by atoms with Crippen LogP contribution in [-0.2, 0) is 16.5 Å². The predicted octanol–water partition coefficient (Wildman–Crippen LogP) is -1.00. The molecule has 16 heavy (non-hydrogen) atoms. The second kappa shape index (κ2) is 5.71. The zero-order valence-corrected chi connectivity index (χ0v) is 14.6. The van der Waals surface area contributed by atoms with Crippen molar-refractivity contribution in [3.63, 3.8) is 0 Å². The van der Waals surface area contributed by atoms with E-state index in [4.69, 9.17) is 27.5 Å². The van der Waals surface area contributed by atoms with Crippen molar-refractivity contribution >= 4 is 53.4 Å². The predicted molar refractivity (Wildman–Crippen MR) is 72.1 cm³/mol. The number of hydrogen-bond acceptors (Lipinski definition) is 4. The van der Waals surface area contributed by atoms with Crippen LogP contribution in [0.1, 0.15) is 0 Å². The zero-order chi connectivity index (χ0) is 11.4. The molecule has 9 heteroatoms. The molecule has 1 aliphatic heterocycles. The minimum absolute atomic E-state index is 0.887. The summed E-state index contributed by atoms with van der Waals surface area (Å²) in [6.07, 6.45) is 0. The van der Waals surface area contributed by atoms with E-state index in [9.17, 15) is 0 Å². The van der Waals surface area contributed by atoms with Crippen molar-refractivity contribution in [2.45, 2.75) is 6.55 Å². The number of halogens is 1. The summed E-state index contributed by atoms with van der Waals surface area (Å²) in [5.74, 6) is 0. The summed E-state index contributed by atoms with van der Waals surface area (Å²) in [6.45, 7) is 1.96. The Hall–Kier alpha value is 0.218. The van der Waals surface area contributed by atoms with Crippen LogP contribution in [0.15, 0.2) is 30.3 Å². The Morgan fingerprint density at radius 1 is 1.25 bits per heavy atom. The summed E-state index contributed by atoms with van der Waals surface area (Å²) in [5.41, 5.74) is 0. The zero-order valence-electron chi connectivity index (χ0n) is 8.89. The molecule has 2 unspecified atom stereocenters. The summed E-state index contributed by atoms with van der Waals surface area (Å²) in [7, 11) is -6.43. The van der Waals surface area contributed by atoms with Crippen molar-refractivity contribution in [2.75, 3.05) is 0 Å². The van der Waals surface area contributed by atoms with Gasteiger partial charge in [-0.3, -0.25) is 0 Å². The van der Waals surface area contributed by atoms with Crippen LogP contribution in [0.2, 0.25) is 6.55 Å². The van der Waals surface area contributed by atoms with Crippen LogP contribution in [0.25, 0.3) is 0 Å². The highest BCUT2D eigenvalue weighted by Gasteiger charge is 2.41. The molecule has 1 aromatic carbocycles. The topological polar surface area (TPSA) is 36.9 Å². The lowest BCUT2D eigenvalue weighted by atomic mass is 10.4. The van der Waals surface area contributed by atoms with E-state index in [-0.39, 0.29) is 0 Å². The van der Waals surface area contributed by atoms with Crippen LogP contribution in [0.4, 0.5) is 0 Å². The first-order valence-corrected chi connectivity index (χ1v) is 12.2. The Kier molecular flexibility index (Phi) is 4.52. The van der Waals surface area contributed by atoms with Gasteiger partial charge in [0.15, 0.2) is 0 Å². The lowest BCUT2D eigenvalue weighted by Crippen LogP contribution is -2.54. The summed E-state index contributed by atoms with van der Waals surface area (Å²) >= 11 is 6.49. The van der Waals surface area contributed by atoms with Crippen molar-refractivity contribution in [3.8, 4) is 0 Å². The van der Waals surface area contributed by atoms with Gasteiger partial charge in [-0.25, -0.2) is 0 Å². The molecule has 1 aromatic rings. The van der Waals surface area contributed by atoms with E-state index in [1.165, 1.54) is 0 Å². The van der Waals surface area contributed by atoms with Crippen LogP contribution < -0.4 is 5.19 Å². The minimum atomic E-state index is -2.79. The third kappa shape index (κ3) is 3.12. The van der Waals surface area contributed by atoms with Gasteiger partial charge in [0, 0.05) is 5.19 Å². The SMILES string of the molecule is C[SiH]1O[SiH2]O[SiH2]O[Si](Cl)(c2ccccc2)O1. The van der Waals surface area contributed by atoms with Crippen LogP contribution in [0, 0.1) is 0 Å². The quantitative estimate of drug-likeness (QED) is 0.493. The van der Waals surface area contributed by atoms with E-state index in [2.05, 4.69) is 0 Å². The van der Waals surface area contributed by atoms with Gasteiger partial charge in [0.25, 0.3) is 20.0 Å². The van der Waals surface area contributed by atoms with Gasteiger partial charge in [-0.05, 0) is 6.55 Å². The molecule has 0 N–H and O–H groups in total. The van der Waals surface area contributed by atoms with Gasteiger partial charge in [-0.2, -0.15) is 0 Å². The third-order valence-corrected chi connectivity index (χ3v) is 13.9. The lowest BCUT2D eigenvalue weighted by Gasteiger charge is -2.30. The fourth-order valence-corrected chi connectivity index (χ4v) is 12.5. The molecular weight excluding hydrogens is 296 g/mol. The molecule has 1 aliphatic rings. The van der Waals surface area contributed by atoms with Gasteiger partial charge in [-0.1, -0.05) is 41.4 Å². The van der Waals surface area contributed by atoms with E-state index in [1.807, 2.05) is 36.9 Å². The summed E-state index contributed by atoms with van der Waals surface area (Å²) < 4.78 is 22.5. The average molecular weight is 309 g/mol. The fourth-order valence-electron chi connectivity index (χ4n) is 1.37. The minimum Gasteiger partial charge on any atom is -0.425 e. The Labute approximate surface area is 107 Å². The first-order valence-electron chi connectivity index (χ1n) is 4.96. The summed E-state index contributed by atoms with van der Waals surface area (Å²) in [4.78, 5) is 0. The Morgan fingerprint density at radius 2 is 2.00 bits per heavy atom. The molecule has 0 aliphatic carbocycles. The molecule has 0 amide bonds. The molecule has 0 saturated carbocycles. The van der Waals surface area contributed by atoms with Crippen LogP contribution in [-0.4, -0.2) is 37.2 Å². The molecule has 0 bridgehead atoms. The Bertz CT molecular complexity index is 342. The molecule has 0 radical (unpaired) electrons. The average Bonchev–Trinajstić information content (AvgIpc) is 2.27. The van der Waals surface area contributed by atoms with E-state index in [1.54, 1.807) is 0 Å². The van der Waals surface area contributed by atoms with Crippen molar-refractivity contribution < 1.29 is 16.5 Å². The number of rotatable bonds is 1. The van der Waals surface area contributed by atoms with Gasteiger partial charge in [0.1, 0.15) is 0 Å². The smallest absolute Gasteiger partial charge is 0.425 e. The Morgan fingerprint density at radius 3 is 2.75 bits per heavy atom. The number of hydrogen-bond donors (Lipinski definition) is 0. The standard InChI is InChI=1S/C7H13ClO4Si4/c1-15-10-13-9-14-11-16(8,12-15)7-5-3-2-4-6-7/h2-6,15H,13-14H2,1H3. The summed E-state index contributed by atoms with van der Waals surface area (Å²) in [5, 5.41) is 0.930. The van der Waals surface area contributed by atoms with E-state index >= 15 is 0 Å². The highest BCUT2D eigenvalue weighted by Crippen LogP contribution is 2.16. The van der Waals surface area contributed by atoms with E-state index in [0.717, 1.165) is 5.19 Å². The molecular formula is C7H13ClO4Si4. The third-order valence-electron chi connectivity index (χ3n) is 2.15. The molecule has 4 nitrogen and oxygen atoms in total. The van der Waals surface area contributed by atoms with Crippen LogP contribution >= 0.6 is 11.1 Å². The molecule has 2 rings (SSSR count). The van der Waals surface area contributed by atoms with Gasteiger partial charge in [0.05, 0.1) is 0 Å². The second-order valence-electron chi connectivity index (χ2n) is 3.34. The Balaban J connectivity index is 2.20. The van der Waals surface area contributed by atoms with Gasteiger partial charge in [-0.15, -0.1) is 0 Å². The largest absolute Gasteiger partial charge is 0.460 e. The maximum absolute atomic E-state index is 6.49. The highest BCUT2D eigenvalue weighted by atomic mass is 35.6. The lowest BCUT2D eigenvalue weighted by molar-refractivity contribution is 0.317.